The Balaban J connectivity index is 1.54. The van der Waals surface area contributed by atoms with Gasteiger partial charge < -0.3 is 19.3 Å². The summed E-state index contributed by atoms with van der Waals surface area (Å²) in [6.45, 7) is 2.90. The minimum absolute atomic E-state index is 0.0465. The highest BCUT2D eigenvalue weighted by Crippen LogP contribution is 2.37. The maximum Gasteiger partial charge on any atom is 0.292 e. The van der Waals surface area contributed by atoms with Crippen molar-refractivity contribution in [3.8, 4) is 0 Å². The summed E-state index contributed by atoms with van der Waals surface area (Å²) < 4.78 is 5.11. The van der Waals surface area contributed by atoms with Crippen molar-refractivity contribution >= 4 is 11.8 Å². The van der Waals surface area contributed by atoms with Gasteiger partial charge in [0.1, 0.15) is 0 Å². The van der Waals surface area contributed by atoms with Crippen LogP contribution in [0, 0.1) is 6.92 Å². The number of hydrogen-bond acceptors (Lipinski definition) is 6. The maximum atomic E-state index is 12.6. The average molecular weight is 372 g/mol. The summed E-state index contributed by atoms with van der Waals surface area (Å²) in [6.07, 6.45) is 3.64. The normalized spacial score (nSPS) is 21.1. The Morgan fingerprint density at radius 3 is 2.70 bits per heavy atom. The van der Waals surface area contributed by atoms with Crippen molar-refractivity contribution in [3.63, 3.8) is 0 Å². The van der Waals surface area contributed by atoms with E-state index in [4.69, 9.17) is 4.52 Å². The number of imidazole rings is 1. The third-order valence-electron chi connectivity index (χ3n) is 5.51. The highest BCUT2D eigenvalue weighted by molar-refractivity contribution is 5.91. The number of piperidine rings is 1. The van der Waals surface area contributed by atoms with E-state index in [2.05, 4.69) is 20.4 Å². The van der Waals surface area contributed by atoms with Crippen LogP contribution < -0.4 is 5.32 Å². The molecule has 2 amide bonds. The molecule has 9 heteroatoms. The Bertz CT molecular complexity index is 862. The molecule has 2 aliphatic heterocycles. The third kappa shape index (κ3) is 3.01. The second kappa shape index (κ2) is 6.49. The van der Waals surface area contributed by atoms with Crippen molar-refractivity contribution in [2.75, 3.05) is 27.2 Å². The molecule has 0 saturated carbocycles. The van der Waals surface area contributed by atoms with Crippen molar-refractivity contribution in [1.82, 2.24) is 30.2 Å². The number of fused-ring (bicyclic) bond motifs is 2. The number of aryl methyl sites for hydroxylation is 1. The van der Waals surface area contributed by atoms with Gasteiger partial charge in [-0.3, -0.25) is 14.9 Å². The van der Waals surface area contributed by atoms with Crippen LogP contribution in [-0.4, -0.2) is 70.0 Å². The molecule has 0 aliphatic carbocycles. The molecule has 27 heavy (non-hydrogen) atoms. The van der Waals surface area contributed by atoms with Gasteiger partial charge in [-0.05, 0) is 19.8 Å². The molecule has 0 radical (unpaired) electrons. The van der Waals surface area contributed by atoms with Gasteiger partial charge in [-0.2, -0.15) is 0 Å². The SMILES string of the molecule is Cc1cc(C(=O)N2CCC3(CC2)N[C@H](C(=O)N(C)C)Cc2[nH]cnc23)on1. The van der Waals surface area contributed by atoms with Gasteiger partial charge in [-0.1, -0.05) is 5.16 Å². The summed E-state index contributed by atoms with van der Waals surface area (Å²) in [5.41, 5.74) is 2.25. The highest BCUT2D eigenvalue weighted by Gasteiger charge is 2.46. The fraction of sp³-hybridized carbons (Fsp3) is 0.556. The summed E-state index contributed by atoms with van der Waals surface area (Å²) in [7, 11) is 3.53. The van der Waals surface area contributed by atoms with Crippen molar-refractivity contribution in [2.45, 2.75) is 37.8 Å². The van der Waals surface area contributed by atoms with Gasteiger partial charge in [0.05, 0.1) is 29.3 Å². The first-order valence-electron chi connectivity index (χ1n) is 9.14. The fourth-order valence-corrected chi connectivity index (χ4v) is 4.10. The Morgan fingerprint density at radius 1 is 1.33 bits per heavy atom. The molecule has 2 aromatic heterocycles. The lowest BCUT2D eigenvalue weighted by molar-refractivity contribution is -0.132. The Hall–Kier alpha value is -2.68. The fourth-order valence-electron chi connectivity index (χ4n) is 4.10. The minimum Gasteiger partial charge on any atom is -0.351 e. The summed E-state index contributed by atoms with van der Waals surface area (Å²) in [5.74, 6) is 0.163. The molecule has 2 aromatic rings. The topological polar surface area (TPSA) is 107 Å². The van der Waals surface area contributed by atoms with E-state index in [0.717, 1.165) is 11.4 Å². The number of carbonyl (C=O) groups excluding carboxylic acids is 2. The number of nitrogens with zero attached hydrogens (tertiary/aromatic N) is 4. The molecule has 0 aromatic carbocycles. The number of amides is 2. The predicted molar refractivity (Wildman–Crippen MR) is 96.0 cm³/mol. The van der Waals surface area contributed by atoms with E-state index >= 15 is 0 Å². The van der Waals surface area contributed by atoms with Crippen LogP contribution in [0.3, 0.4) is 0 Å². The molecule has 0 bridgehead atoms. The molecule has 9 nitrogen and oxygen atoms in total. The zero-order valence-corrected chi connectivity index (χ0v) is 15.8. The molecule has 2 aliphatic rings. The monoisotopic (exact) mass is 372 g/mol. The van der Waals surface area contributed by atoms with E-state index in [9.17, 15) is 9.59 Å². The molecular weight excluding hydrogens is 348 g/mol. The van der Waals surface area contributed by atoms with Crippen molar-refractivity contribution < 1.29 is 14.1 Å². The van der Waals surface area contributed by atoms with Crippen LogP contribution in [0.25, 0.3) is 0 Å². The van der Waals surface area contributed by atoms with Crippen LogP contribution in [0.5, 0.6) is 0 Å². The molecular formula is C18H24N6O3. The van der Waals surface area contributed by atoms with E-state index in [1.54, 1.807) is 43.2 Å². The number of aromatic amines is 1. The first-order valence-corrected chi connectivity index (χ1v) is 9.14. The molecule has 1 atom stereocenters. The zero-order chi connectivity index (χ0) is 19.2. The summed E-state index contributed by atoms with van der Waals surface area (Å²) >= 11 is 0. The Kier molecular flexibility index (Phi) is 4.26. The van der Waals surface area contributed by atoms with Crippen LogP contribution in [-0.2, 0) is 16.8 Å². The van der Waals surface area contributed by atoms with Crippen LogP contribution in [0.1, 0.15) is 40.5 Å². The van der Waals surface area contributed by atoms with E-state index in [-0.39, 0.29) is 23.6 Å². The smallest absolute Gasteiger partial charge is 0.292 e. The number of H-pyrrole nitrogens is 1. The number of likely N-dealkylation sites (N-methyl/N-ethyl adjacent to an activating group) is 1. The van der Waals surface area contributed by atoms with Crippen LogP contribution in [0.4, 0.5) is 0 Å². The molecule has 1 saturated heterocycles. The number of carbonyl (C=O) groups is 2. The second-order valence-electron chi connectivity index (χ2n) is 7.57. The van der Waals surface area contributed by atoms with Crippen LogP contribution in [0.15, 0.2) is 16.9 Å². The van der Waals surface area contributed by atoms with Crippen LogP contribution >= 0.6 is 0 Å². The lowest BCUT2D eigenvalue weighted by Crippen LogP contribution is -2.61. The summed E-state index contributed by atoms with van der Waals surface area (Å²) in [5, 5.41) is 7.34. The van der Waals surface area contributed by atoms with Crippen molar-refractivity contribution in [1.29, 1.82) is 0 Å². The maximum absolute atomic E-state index is 12.6. The lowest BCUT2D eigenvalue weighted by Gasteiger charge is -2.46. The molecule has 1 spiro atoms. The first-order chi connectivity index (χ1) is 12.9. The molecule has 1 fully saturated rings. The van der Waals surface area contributed by atoms with E-state index in [1.165, 1.54) is 0 Å². The van der Waals surface area contributed by atoms with Crippen molar-refractivity contribution in [2.24, 2.45) is 0 Å². The summed E-state index contributed by atoms with van der Waals surface area (Å²) in [6, 6.07) is 1.36. The van der Waals surface area contributed by atoms with E-state index in [0.29, 0.717) is 38.0 Å². The number of rotatable bonds is 2. The van der Waals surface area contributed by atoms with E-state index < -0.39 is 5.54 Å². The van der Waals surface area contributed by atoms with Gasteiger partial charge in [0.25, 0.3) is 5.91 Å². The highest BCUT2D eigenvalue weighted by atomic mass is 16.5. The van der Waals surface area contributed by atoms with Gasteiger partial charge in [-0.25, -0.2) is 4.98 Å². The zero-order valence-electron chi connectivity index (χ0n) is 15.8. The van der Waals surface area contributed by atoms with Gasteiger partial charge in [0.15, 0.2) is 0 Å². The third-order valence-corrected chi connectivity index (χ3v) is 5.51. The number of nitrogens with one attached hydrogen (secondary N) is 2. The largest absolute Gasteiger partial charge is 0.351 e. The molecule has 0 unspecified atom stereocenters. The average Bonchev–Trinajstić information content (AvgIpc) is 3.30. The molecule has 2 N–H and O–H groups in total. The number of hydrogen-bond donors (Lipinski definition) is 2. The predicted octanol–water partition coefficient (Wildman–Crippen LogP) is 0.440. The van der Waals surface area contributed by atoms with E-state index in [1.807, 2.05) is 0 Å². The molecule has 4 heterocycles. The lowest BCUT2D eigenvalue weighted by atomic mass is 9.78. The first kappa shape index (κ1) is 17.7. The van der Waals surface area contributed by atoms with Gasteiger partial charge in [-0.15, -0.1) is 0 Å². The molecule has 4 rings (SSSR count). The van der Waals surface area contributed by atoms with Gasteiger partial charge in [0, 0.05) is 45.4 Å². The minimum atomic E-state index is -0.405. The van der Waals surface area contributed by atoms with Crippen LogP contribution in [0.2, 0.25) is 0 Å². The second-order valence-corrected chi connectivity index (χ2v) is 7.57. The molecule has 144 valence electrons. The Labute approximate surface area is 157 Å². The summed E-state index contributed by atoms with van der Waals surface area (Å²) in [4.78, 5) is 36.3. The van der Waals surface area contributed by atoms with Crippen molar-refractivity contribution in [3.05, 3.63) is 35.2 Å². The van der Waals surface area contributed by atoms with Gasteiger partial charge in [0.2, 0.25) is 11.7 Å². The van der Waals surface area contributed by atoms with Gasteiger partial charge >= 0.3 is 0 Å². The quantitative estimate of drug-likeness (QED) is 0.792. The Morgan fingerprint density at radius 2 is 2.07 bits per heavy atom. The number of likely N-dealkylation sites (tertiary alicyclic amines) is 1. The number of aromatic nitrogens is 3. The standard InChI is InChI=1S/C18H24N6O3/c1-11-8-14(27-22-11)17(26)24-6-4-18(5-7-24)15-12(19-10-20-15)9-13(21-18)16(25)23(2)3/h8,10,13,21H,4-7,9H2,1-3H3,(H,19,20)/t13-/m0/s1.